The van der Waals surface area contributed by atoms with Gasteiger partial charge < -0.3 is 15.5 Å². The van der Waals surface area contributed by atoms with Gasteiger partial charge in [0.05, 0.1) is 11.4 Å². The largest absolute Gasteiger partial charge is 0.344 e. The Labute approximate surface area is 241 Å². The van der Waals surface area contributed by atoms with Crippen LogP contribution in [0.5, 0.6) is 0 Å². The van der Waals surface area contributed by atoms with Gasteiger partial charge in [0.1, 0.15) is 11.9 Å². The summed E-state index contributed by atoms with van der Waals surface area (Å²) in [5.74, 6) is 0.998. The Hall–Kier alpha value is -4.14. The number of rotatable bonds is 6. The molecule has 9 heteroatoms. The minimum absolute atomic E-state index is 0.0348. The van der Waals surface area contributed by atoms with E-state index in [2.05, 4.69) is 42.8 Å². The highest BCUT2D eigenvalue weighted by molar-refractivity contribution is 6.00. The fraction of sp³-hybridized carbons (Fsp3) is 0.438. The molecule has 0 radical (unpaired) electrons. The van der Waals surface area contributed by atoms with Crippen molar-refractivity contribution in [2.75, 3.05) is 23.7 Å². The number of carbonyl (C=O) groups excluding carboxylic acids is 3. The van der Waals surface area contributed by atoms with Gasteiger partial charge in [0.2, 0.25) is 11.8 Å². The summed E-state index contributed by atoms with van der Waals surface area (Å²) in [6.45, 7) is 9.71. The summed E-state index contributed by atoms with van der Waals surface area (Å²) in [6, 6.07) is 17.2. The minimum atomic E-state index is -0.371. The Morgan fingerprint density at radius 3 is 2.37 bits per heavy atom. The normalized spacial score (nSPS) is 17.8. The second-order valence-electron chi connectivity index (χ2n) is 12.3. The maximum absolute atomic E-state index is 13.3. The molecule has 216 valence electrons. The molecule has 3 N–H and O–H groups in total. The van der Waals surface area contributed by atoms with E-state index in [9.17, 15) is 14.4 Å². The van der Waals surface area contributed by atoms with Crippen molar-refractivity contribution in [3.63, 3.8) is 0 Å². The number of aryl methyl sites for hydroxylation is 1. The van der Waals surface area contributed by atoms with E-state index in [0.29, 0.717) is 37.7 Å². The fourth-order valence-electron chi connectivity index (χ4n) is 5.50. The van der Waals surface area contributed by atoms with Crippen LogP contribution in [-0.4, -0.2) is 51.7 Å². The molecule has 0 bridgehead atoms. The molecule has 1 atom stereocenters. The highest BCUT2D eigenvalue weighted by Gasteiger charge is 2.33. The lowest BCUT2D eigenvalue weighted by Crippen LogP contribution is -2.47. The fourth-order valence-corrected chi connectivity index (χ4v) is 5.50. The van der Waals surface area contributed by atoms with Crippen molar-refractivity contribution >= 4 is 29.4 Å². The molecule has 0 spiro atoms. The van der Waals surface area contributed by atoms with Crippen molar-refractivity contribution in [3.8, 4) is 5.69 Å². The predicted molar refractivity (Wildman–Crippen MR) is 160 cm³/mol. The van der Waals surface area contributed by atoms with E-state index in [0.717, 1.165) is 47.5 Å². The summed E-state index contributed by atoms with van der Waals surface area (Å²) in [7, 11) is 0. The Kier molecular flexibility index (Phi) is 8.15. The van der Waals surface area contributed by atoms with Crippen LogP contribution in [0, 0.1) is 12.8 Å². The monoisotopic (exact) mass is 556 g/mol. The lowest BCUT2D eigenvalue weighted by atomic mass is 9.89. The molecule has 4 amide bonds. The maximum Gasteiger partial charge on any atom is 0.324 e. The van der Waals surface area contributed by atoms with Crippen LogP contribution in [0.4, 0.5) is 16.3 Å². The van der Waals surface area contributed by atoms with E-state index in [1.807, 2.05) is 60.4 Å². The second-order valence-corrected chi connectivity index (χ2v) is 12.3. The average Bonchev–Trinajstić information content (AvgIpc) is 3.57. The molecule has 0 saturated carbocycles. The molecule has 1 unspecified atom stereocenters. The summed E-state index contributed by atoms with van der Waals surface area (Å²) in [6.07, 6.45) is 3.60. The maximum atomic E-state index is 13.3. The van der Waals surface area contributed by atoms with Crippen molar-refractivity contribution in [1.29, 1.82) is 0 Å². The number of urea groups is 1. The number of nitrogens with zero attached hydrogens (tertiary/aromatic N) is 3. The Morgan fingerprint density at radius 2 is 1.71 bits per heavy atom. The molecular formula is C32H40N6O3. The average molecular weight is 557 g/mol. The third kappa shape index (κ3) is 6.78. The third-order valence-electron chi connectivity index (χ3n) is 7.99. The number of hydrogen-bond acceptors (Lipinski definition) is 4. The molecule has 2 aromatic carbocycles. The number of benzene rings is 2. The number of hydrogen-bond donors (Lipinski definition) is 3. The molecule has 3 aromatic rings. The zero-order valence-corrected chi connectivity index (χ0v) is 24.4. The van der Waals surface area contributed by atoms with E-state index in [1.165, 1.54) is 0 Å². The van der Waals surface area contributed by atoms with Gasteiger partial charge in [0, 0.05) is 36.7 Å². The SMILES string of the molecule is Cc1ccc(-n2nc(C(C)(C)C)cc2NC(=O)Nc2ccccc2CC2CCN(C(=O)C3CCC(=O)N3)CC2)cc1. The Balaban J connectivity index is 1.23. The standard InChI is InChI=1S/C32H40N6O3/c1-21-9-11-24(12-10-21)38-28(20-27(36-38)32(2,3)4)35-31(41)34-25-8-6-5-7-23(25)19-22-15-17-37(18-16-22)30(40)26-13-14-29(39)33-26/h5-12,20,22,26H,13-19H2,1-4H3,(H,33,39)(H2,34,35,41). The lowest BCUT2D eigenvalue weighted by molar-refractivity contribution is -0.135. The number of amides is 4. The first-order valence-corrected chi connectivity index (χ1v) is 14.5. The van der Waals surface area contributed by atoms with E-state index in [4.69, 9.17) is 5.10 Å². The Morgan fingerprint density at radius 1 is 1.00 bits per heavy atom. The van der Waals surface area contributed by atoms with Crippen molar-refractivity contribution < 1.29 is 14.4 Å². The van der Waals surface area contributed by atoms with Crippen molar-refractivity contribution in [2.24, 2.45) is 5.92 Å². The van der Waals surface area contributed by atoms with Crippen LogP contribution in [-0.2, 0) is 21.4 Å². The summed E-state index contributed by atoms with van der Waals surface area (Å²) in [5, 5.41) is 13.7. The summed E-state index contributed by atoms with van der Waals surface area (Å²) < 4.78 is 1.78. The highest BCUT2D eigenvalue weighted by Crippen LogP contribution is 2.29. The smallest absolute Gasteiger partial charge is 0.324 e. The molecule has 9 nitrogen and oxygen atoms in total. The molecule has 5 rings (SSSR count). The summed E-state index contributed by atoms with van der Waals surface area (Å²) >= 11 is 0. The number of anilines is 2. The van der Waals surface area contributed by atoms with Crippen molar-refractivity contribution in [1.82, 2.24) is 20.0 Å². The molecule has 2 fully saturated rings. The van der Waals surface area contributed by atoms with Gasteiger partial charge in [0.15, 0.2) is 0 Å². The zero-order chi connectivity index (χ0) is 29.1. The number of aromatic nitrogens is 2. The van der Waals surface area contributed by atoms with Crippen LogP contribution < -0.4 is 16.0 Å². The van der Waals surface area contributed by atoms with Gasteiger partial charge in [0.25, 0.3) is 0 Å². The van der Waals surface area contributed by atoms with E-state index >= 15 is 0 Å². The van der Waals surface area contributed by atoms with Gasteiger partial charge in [-0.25, -0.2) is 9.48 Å². The zero-order valence-electron chi connectivity index (χ0n) is 24.4. The van der Waals surface area contributed by atoms with Gasteiger partial charge in [-0.05, 0) is 62.3 Å². The van der Waals surface area contributed by atoms with Crippen LogP contribution in [0.3, 0.4) is 0 Å². The molecule has 3 heterocycles. The van der Waals surface area contributed by atoms with Crippen LogP contribution in [0.1, 0.15) is 63.3 Å². The molecule has 2 aliphatic heterocycles. The van der Waals surface area contributed by atoms with Crippen molar-refractivity contribution in [2.45, 2.75) is 71.3 Å². The number of nitrogens with one attached hydrogen (secondary N) is 3. The van der Waals surface area contributed by atoms with Crippen LogP contribution in [0.2, 0.25) is 0 Å². The minimum Gasteiger partial charge on any atom is -0.344 e. The lowest BCUT2D eigenvalue weighted by Gasteiger charge is -2.33. The van der Waals surface area contributed by atoms with Crippen molar-refractivity contribution in [3.05, 3.63) is 71.4 Å². The second kappa shape index (κ2) is 11.8. The number of likely N-dealkylation sites (tertiary alicyclic amines) is 1. The highest BCUT2D eigenvalue weighted by atomic mass is 16.2. The van der Waals surface area contributed by atoms with Gasteiger partial charge in [-0.2, -0.15) is 5.10 Å². The first kappa shape index (κ1) is 28.4. The number of para-hydroxylation sites is 1. The van der Waals surface area contributed by atoms with Gasteiger partial charge in [-0.3, -0.25) is 14.9 Å². The predicted octanol–water partition coefficient (Wildman–Crippen LogP) is 5.18. The van der Waals surface area contributed by atoms with Crippen LogP contribution in [0.25, 0.3) is 5.69 Å². The van der Waals surface area contributed by atoms with E-state index in [1.54, 1.807) is 4.68 Å². The third-order valence-corrected chi connectivity index (χ3v) is 7.99. The van der Waals surface area contributed by atoms with Gasteiger partial charge in [-0.1, -0.05) is 56.7 Å². The topological polar surface area (TPSA) is 108 Å². The number of piperidine rings is 1. The Bertz CT molecular complexity index is 1410. The summed E-state index contributed by atoms with van der Waals surface area (Å²) in [4.78, 5) is 39.4. The van der Waals surface area contributed by atoms with E-state index in [-0.39, 0.29) is 29.3 Å². The molecule has 2 saturated heterocycles. The van der Waals surface area contributed by atoms with Gasteiger partial charge in [-0.15, -0.1) is 0 Å². The molecule has 0 aliphatic carbocycles. The molecule has 1 aromatic heterocycles. The quantitative estimate of drug-likeness (QED) is 0.389. The summed E-state index contributed by atoms with van der Waals surface area (Å²) in [5.41, 5.74) is 4.57. The first-order valence-electron chi connectivity index (χ1n) is 14.5. The van der Waals surface area contributed by atoms with E-state index < -0.39 is 0 Å². The van der Waals surface area contributed by atoms with Crippen LogP contribution in [0.15, 0.2) is 54.6 Å². The van der Waals surface area contributed by atoms with Gasteiger partial charge >= 0.3 is 6.03 Å². The number of carbonyl (C=O) groups is 3. The first-order chi connectivity index (χ1) is 19.6. The van der Waals surface area contributed by atoms with Crippen LogP contribution >= 0.6 is 0 Å². The molecule has 41 heavy (non-hydrogen) atoms. The molecule has 2 aliphatic rings. The molecular weight excluding hydrogens is 516 g/mol.